The summed E-state index contributed by atoms with van der Waals surface area (Å²) in [5.41, 5.74) is 3.44. The summed E-state index contributed by atoms with van der Waals surface area (Å²) in [6.07, 6.45) is 4.37. The van der Waals surface area contributed by atoms with E-state index in [1.165, 1.54) is 0 Å². The minimum absolute atomic E-state index is 0.0268. The highest BCUT2D eigenvalue weighted by Crippen LogP contribution is 2.39. The van der Waals surface area contributed by atoms with Gasteiger partial charge < -0.3 is 21.1 Å². The van der Waals surface area contributed by atoms with Crippen LogP contribution in [0.25, 0.3) is 5.57 Å². The third-order valence-corrected chi connectivity index (χ3v) is 6.72. The molecule has 2 rings (SSSR count). The van der Waals surface area contributed by atoms with Gasteiger partial charge in [-0.3, -0.25) is 4.79 Å². The molecule has 1 fully saturated rings. The van der Waals surface area contributed by atoms with Crippen molar-refractivity contribution in [2.75, 3.05) is 5.32 Å². The lowest BCUT2D eigenvalue weighted by Gasteiger charge is -2.35. The molecule has 1 aliphatic carbocycles. The van der Waals surface area contributed by atoms with Gasteiger partial charge in [0, 0.05) is 40.5 Å². The van der Waals surface area contributed by atoms with E-state index in [0.717, 1.165) is 16.7 Å². The van der Waals surface area contributed by atoms with Crippen molar-refractivity contribution < 1.29 is 18.7 Å². The minimum atomic E-state index is -2.72. The van der Waals surface area contributed by atoms with Crippen molar-refractivity contribution in [3.05, 3.63) is 83.3 Å². The summed E-state index contributed by atoms with van der Waals surface area (Å²) in [5.74, 6) is -3.65. The monoisotopic (exact) mass is 531 g/mol. The quantitative estimate of drug-likeness (QED) is 0.101. The van der Waals surface area contributed by atoms with Gasteiger partial charge in [0.2, 0.25) is 5.92 Å². The second-order valence-corrected chi connectivity index (χ2v) is 9.66. The fourth-order valence-corrected chi connectivity index (χ4v) is 4.77. The molecule has 1 aromatic carbocycles. The van der Waals surface area contributed by atoms with E-state index in [9.17, 15) is 18.7 Å². The molecule has 0 aromatic heterocycles. The number of hydrogen-bond acceptors (Lipinski definition) is 4. The molecule has 1 aliphatic rings. The molecule has 200 valence electrons. The average Bonchev–Trinajstić information content (AvgIpc) is 2.84. The molecule has 0 radical (unpaired) electrons. The summed E-state index contributed by atoms with van der Waals surface area (Å²) in [4.78, 5) is 12.9. The Morgan fingerprint density at radius 3 is 2.35 bits per heavy atom. The van der Waals surface area contributed by atoms with Gasteiger partial charge in [0.25, 0.3) is 5.91 Å². The lowest BCUT2D eigenvalue weighted by Crippen LogP contribution is -2.46. The number of anilines is 1. The van der Waals surface area contributed by atoms with Crippen LogP contribution in [0.5, 0.6) is 0 Å². The van der Waals surface area contributed by atoms with Gasteiger partial charge in [-0.1, -0.05) is 49.9 Å². The third-order valence-electron chi connectivity index (χ3n) is 6.40. The topological polar surface area (TPSA) is 85.2 Å². The maximum absolute atomic E-state index is 13.8. The van der Waals surface area contributed by atoms with E-state index in [0.29, 0.717) is 22.7 Å². The van der Waals surface area contributed by atoms with E-state index in [-0.39, 0.29) is 49.3 Å². The van der Waals surface area contributed by atoms with Gasteiger partial charge in [-0.25, -0.2) is 8.78 Å². The smallest absolute Gasteiger partial charge is 0.256 e. The molecule has 1 unspecified atom stereocenters. The molecular formula is C29H36ClF2N3O2. The highest BCUT2D eigenvalue weighted by atomic mass is 35.5. The number of aliphatic hydroxyl groups is 1. The number of carbonyl (C=O) groups excluding carboxylic acids is 1. The number of alkyl halides is 2. The molecule has 0 spiro atoms. The van der Waals surface area contributed by atoms with Crippen molar-refractivity contribution in [1.29, 1.82) is 5.41 Å². The third kappa shape index (κ3) is 8.15. The standard InChI is InChI=1S/C29H36ClF2N3O2/c1-6-8-24(30)26(18(3)4)20-9-11-22(12-10-20)34-19(5)27(21-13-15-29(31,32)16-14-21)35-28(37)23(17-36)25(33)7-2/h6,8-12,17,21,27,33-34,36H,3,5,7,13-16H2,1-2,4H3,(H,35,37)/b8-6-,23-17+,26-24-,33-25?. The largest absolute Gasteiger partial charge is 0.515 e. The predicted octanol–water partition coefficient (Wildman–Crippen LogP) is 7.90. The Morgan fingerprint density at radius 1 is 1.27 bits per heavy atom. The molecular weight excluding hydrogens is 496 g/mol. The number of hydrogen-bond donors (Lipinski definition) is 4. The van der Waals surface area contributed by atoms with Crippen LogP contribution in [0, 0.1) is 11.3 Å². The zero-order valence-corrected chi connectivity index (χ0v) is 22.4. The molecule has 1 aromatic rings. The summed E-state index contributed by atoms with van der Waals surface area (Å²) in [5, 5.41) is 24.0. The lowest BCUT2D eigenvalue weighted by atomic mass is 9.81. The first-order chi connectivity index (χ1) is 17.4. The molecule has 8 heteroatoms. The van der Waals surface area contributed by atoms with Crippen molar-refractivity contribution >= 4 is 34.5 Å². The second kappa shape index (κ2) is 13.4. The van der Waals surface area contributed by atoms with Crippen molar-refractivity contribution in [3.63, 3.8) is 0 Å². The zero-order valence-electron chi connectivity index (χ0n) is 21.6. The Labute approximate surface area is 223 Å². The van der Waals surface area contributed by atoms with Gasteiger partial charge in [0.05, 0.1) is 17.9 Å². The van der Waals surface area contributed by atoms with E-state index < -0.39 is 17.9 Å². The number of amides is 1. The van der Waals surface area contributed by atoms with Crippen LogP contribution in [0.3, 0.4) is 0 Å². The molecule has 0 saturated heterocycles. The van der Waals surface area contributed by atoms with Gasteiger partial charge >= 0.3 is 0 Å². The number of aliphatic hydroxyl groups excluding tert-OH is 1. The number of halogens is 3. The molecule has 1 saturated carbocycles. The number of allylic oxidation sites excluding steroid dienone is 5. The van der Waals surface area contributed by atoms with E-state index in [4.69, 9.17) is 17.0 Å². The Bertz CT molecular complexity index is 1110. The minimum Gasteiger partial charge on any atom is -0.515 e. The number of nitrogens with one attached hydrogen (secondary N) is 3. The normalized spacial score (nSPS) is 17.6. The van der Waals surface area contributed by atoms with Crippen molar-refractivity contribution in [2.24, 2.45) is 5.92 Å². The highest BCUT2D eigenvalue weighted by molar-refractivity contribution is 6.35. The van der Waals surface area contributed by atoms with Gasteiger partial charge in [-0.15, -0.1) is 0 Å². The molecule has 0 aliphatic heterocycles. The highest BCUT2D eigenvalue weighted by Gasteiger charge is 2.39. The van der Waals surface area contributed by atoms with Gasteiger partial charge in [-0.05, 0) is 68.4 Å². The molecule has 0 bridgehead atoms. The van der Waals surface area contributed by atoms with Crippen LogP contribution < -0.4 is 10.6 Å². The number of benzene rings is 1. The maximum Gasteiger partial charge on any atom is 0.256 e. The summed E-state index contributed by atoms with van der Waals surface area (Å²) < 4.78 is 27.7. The second-order valence-electron chi connectivity index (χ2n) is 9.25. The molecule has 4 N–H and O–H groups in total. The summed E-state index contributed by atoms with van der Waals surface area (Å²) in [6, 6.07) is 6.76. The predicted molar refractivity (Wildman–Crippen MR) is 149 cm³/mol. The van der Waals surface area contributed by atoms with E-state index in [1.807, 2.05) is 44.2 Å². The van der Waals surface area contributed by atoms with Crippen LogP contribution in [-0.2, 0) is 4.79 Å². The van der Waals surface area contributed by atoms with E-state index in [1.54, 1.807) is 13.0 Å². The maximum atomic E-state index is 13.8. The summed E-state index contributed by atoms with van der Waals surface area (Å²) >= 11 is 6.44. The van der Waals surface area contributed by atoms with Crippen LogP contribution >= 0.6 is 11.6 Å². The molecule has 0 heterocycles. The SMILES string of the molecule is C=C(C)/C(=C(Cl)\C=C/C)c1ccc(NC(=C)C(NC(=O)/C(=C/O)C(=N)CC)C2CCC(F)(F)CC2)cc1. The van der Waals surface area contributed by atoms with Gasteiger partial charge in [0.1, 0.15) is 0 Å². The first-order valence-corrected chi connectivity index (χ1v) is 12.7. The van der Waals surface area contributed by atoms with Crippen molar-refractivity contribution in [3.8, 4) is 0 Å². The van der Waals surface area contributed by atoms with Crippen LogP contribution in [0.15, 0.2) is 77.7 Å². The van der Waals surface area contributed by atoms with Crippen LogP contribution in [-0.4, -0.2) is 28.7 Å². The van der Waals surface area contributed by atoms with Crippen molar-refractivity contribution in [1.82, 2.24) is 5.32 Å². The Morgan fingerprint density at radius 2 is 1.86 bits per heavy atom. The van der Waals surface area contributed by atoms with Gasteiger partial charge in [0.15, 0.2) is 0 Å². The number of carbonyl (C=O) groups is 1. The molecule has 37 heavy (non-hydrogen) atoms. The summed E-state index contributed by atoms with van der Waals surface area (Å²) in [7, 11) is 0. The van der Waals surface area contributed by atoms with E-state index in [2.05, 4.69) is 23.8 Å². The van der Waals surface area contributed by atoms with Crippen molar-refractivity contribution in [2.45, 2.75) is 64.8 Å². The Kier molecular flexibility index (Phi) is 10.9. The Hall–Kier alpha value is -3.19. The number of rotatable bonds is 11. The first-order valence-electron chi connectivity index (χ1n) is 12.3. The van der Waals surface area contributed by atoms with Crippen LogP contribution in [0.1, 0.15) is 58.4 Å². The molecule has 1 amide bonds. The molecule has 5 nitrogen and oxygen atoms in total. The zero-order chi connectivity index (χ0) is 27.8. The van der Waals surface area contributed by atoms with Crippen LogP contribution in [0.4, 0.5) is 14.5 Å². The lowest BCUT2D eigenvalue weighted by molar-refractivity contribution is -0.118. The fourth-order valence-electron chi connectivity index (χ4n) is 4.37. The summed E-state index contributed by atoms with van der Waals surface area (Å²) in [6.45, 7) is 13.6. The van der Waals surface area contributed by atoms with Crippen LogP contribution in [0.2, 0.25) is 0 Å². The molecule has 1 atom stereocenters. The average molecular weight is 532 g/mol. The van der Waals surface area contributed by atoms with Gasteiger partial charge in [-0.2, -0.15) is 0 Å². The first kappa shape index (κ1) is 30.0. The Balaban J connectivity index is 2.29. The van der Waals surface area contributed by atoms with E-state index >= 15 is 0 Å². The fraction of sp³-hybridized carbons (Fsp3) is 0.379.